The van der Waals surface area contributed by atoms with Gasteiger partial charge in [0, 0.05) is 5.92 Å². The summed E-state index contributed by atoms with van der Waals surface area (Å²) in [6.45, 7) is 1.78. The highest BCUT2D eigenvalue weighted by atomic mass is 16.3. The zero-order valence-corrected chi connectivity index (χ0v) is 16.6. The van der Waals surface area contributed by atoms with E-state index < -0.39 is 12.0 Å². The minimum Gasteiger partial charge on any atom is -0.392 e. The van der Waals surface area contributed by atoms with Crippen molar-refractivity contribution in [1.82, 2.24) is 0 Å². The van der Waals surface area contributed by atoms with E-state index in [9.17, 15) is 9.90 Å². The lowest BCUT2D eigenvalue weighted by molar-refractivity contribution is -0.120. The summed E-state index contributed by atoms with van der Waals surface area (Å²) < 4.78 is 0. The molecule has 0 saturated carbocycles. The van der Waals surface area contributed by atoms with Crippen molar-refractivity contribution in [3.8, 4) is 0 Å². The molecule has 0 spiro atoms. The van der Waals surface area contributed by atoms with Gasteiger partial charge in [-0.05, 0) is 34.8 Å². The molecule has 0 aromatic heterocycles. The van der Waals surface area contributed by atoms with Gasteiger partial charge in [0.15, 0.2) is 5.78 Å². The van der Waals surface area contributed by atoms with Crippen LogP contribution in [-0.2, 0) is 4.79 Å². The first-order chi connectivity index (χ1) is 14.1. The van der Waals surface area contributed by atoms with Crippen LogP contribution in [0.1, 0.15) is 30.0 Å². The van der Waals surface area contributed by atoms with E-state index in [1.807, 2.05) is 72.8 Å². The number of allylic oxidation sites excluding steroid dienone is 1. The Kier molecular flexibility index (Phi) is 7.32. The number of aliphatic hydroxyl groups excluding tert-OH is 1. The number of ketones is 1. The van der Waals surface area contributed by atoms with Gasteiger partial charge in [-0.3, -0.25) is 4.79 Å². The van der Waals surface area contributed by atoms with Crippen molar-refractivity contribution < 1.29 is 9.90 Å². The van der Waals surface area contributed by atoms with Crippen LogP contribution >= 0.6 is 0 Å². The van der Waals surface area contributed by atoms with E-state index >= 15 is 0 Å². The molecule has 3 aromatic carbocycles. The molecule has 0 radical (unpaired) electrons. The molecule has 0 aliphatic carbocycles. The third kappa shape index (κ3) is 5.87. The molecule has 0 amide bonds. The van der Waals surface area contributed by atoms with E-state index in [2.05, 4.69) is 24.3 Å². The normalized spacial score (nSPS) is 13.0. The number of carbonyl (C=O) groups excluding carboxylic acids is 1. The van der Waals surface area contributed by atoms with Crippen molar-refractivity contribution in [3.05, 3.63) is 120 Å². The molecular formula is C27H26O2. The zero-order valence-electron chi connectivity index (χ0n) is 16.6. The minimum absolute atomic E-state index is 0.0734. The molecule has 3 aromatic rings. The first-order valence-corrected chi connectivity index (χ1v) is 9.91. The molecule has 0 aliphatic rings. The maximum Gasteiger partial charge on any atom is 0.161 e. The van der Waals surface area contributed by atoms with Crippen LogP contribution in [-0.4, -0.2) is 17.0 Å². The van der Waals surface area contributed by atoms with Gasteiger partial charge < -0.3 is 5.11 Å². The van der Waals surface area contributed by atoms with Crippen LogP contribution in [0.25, 0.3) is 11.6 Å². The highest BCUT2D eigenvalue weighted by molar-refractivity contribution is 5.95. The molecule has 0 unspecified atom stereocenters. The molecule has 2 heteroatoms. The fourth-order valence-corrected chi connectivity index (χ4v) is 3.16. The molecular weight excluding hydrogens is 356 g/mol. The first kappa shape index (κ1) is 20.5. The van der Waals surface area contributed by atoms with E-state index in [1.54, 1.807) is 19.1 Å². The van der Waals surface area contributed by atoms with Crippen LogP contribution in [0.4, 0.5) is 0 Å². The standard InChI is InChI=1S/C27H26O2/c1-21(26(28)19-17-22-11-5-2-6-12-22)27(29)20-18-25(23-13-7-3-8-14-23)24-15-9-4-10-16-24/h2-19,21,27,29H,20H2,1H3/b19-17+/t21-,27-/m0/s1. The van der Waals surface area contributed by atoms with Crippen LogP contribution < -0.4 is 0 Å². The largest absolute Gasteiger partial charge is 0.392 e. The summed E-state index contributed by atoms with van der Waals surface area (Å²) in [6.07, 6.45) is 5.04. The van der Waals surface area contributed by atoms with Crippen LogP contribution in [0.5, 0.6) is 0 Å². The smallest absolute Gasteiger partial charge is 0.161 e. The molecule has 0 fully saturated rings. The maximum absolute atomic E-state index is 12.5. The van der Waals surface area contributed by atoms with Crippen molar-refractivity contribution in [2.75, 3.05) is 0 Å². The van der Waals surface area contributed by atoms with Crippen molar-refractivity contribution in [2.45, 2.75) is 19.4 Å². The number of carbonyl (C=O) groups is 1. The minimum atomic E-state index is -0.745. The molecule has 0 bridgehead atoms. The lowest BCUT2D eigenvalue weighted by Gasteiger charge is -2.16. The summed E-state index contributed by atoms with van der Waals surface area (Å²) in [5.41, 5.74) is 4.21. The highest BCUT2D eigenvalue weighted by Crippen LogP contribution is 2.25. The lowest BCUT2D eigenvalue weighted by Crippen LogP contribution is -2.23. The van der Waals surface area contributed by atoms with Gasteiger partial charge in [-0.2, -0.15) is 0 Å². The molecule has 0 saturated heterocycles. The van der Waals surface area contributed by atoms with Gasteiger partial charge in [-0.1, -0.05) is 110 Å². The van der Waals surface area contributed by atoms with Gasteiger partial charge in [0.25, 0.3) is 0 Å². The quantitative estimate of drug-likeness (QED) is 0.501. The Bertz CT molecular complexity index is 916. The number of aliphatic hydroxyl groups is 1. The summed E-state index contributed by atoms with van der Waals surface area (Å²) >= 11 is 0. The molecule has 0 heterocycles. The fourth-order valence-electron chi connectivity index (χ4n) is 3.16. The molecule has 29 heavy (non-hydrogen) atoms. The Labute approximate surface area is 172 Å². The van der Waals surface area contributed by atoms with E-state index in [0.29, 0.717) is 6.42 Å². The van der Waals surface area contributed by atoms with Gasteiger partial charge in [-0.15, -0.1) is 0 Å². The van der Waals surface area contributed by atoms with Crippen molar-refractivity contribution in [2.24, 2.45) is 5.92 Å². The van der Waals surface area contributed by atoms with Gasteiger partial charge in [0.1, 0.15) is 0 Å². The van der Waals surface area contributed by atoms with E-state index in [-0.39, 0.29) is 5.78 Å². The van der Waals surface area contributed by atoms with Gasteiger partial charge >= 0.3 is 0 Å². The molecule has 0 aliphatic heterocycles. The van der Waals surface area contributed by atoms with E-state index in [0.717, 1.165) is 22.3 Å². The van der Waals surface area contributed by atoms with E-state index in [4.69, 9.17) is 0 Å². The average Bonchev–Trinajstić information content (AvgIpc) is 2.79. The van der Waals surface area contributed by atoms with Crippen molar-refractivity contribution in [1.29, 1.82) is 0 Å². The Balaban J connectivity index is 1.73. The average molecular weight is 383 g/mol. The number of benzene rings is 3. The molecule has 2 atom stereocenters. The third-order valence-corrected chi connectivity index (χ3v) is 5.00. The molecule has 1 N–H and O–H groups in total. The van der Waals surface area contributed by atoms with Gasteiger partial charge in [-0.25, -0.2) is 0 Å². The molecule has 146 valence electrons. The third-order valence-electron chi connectivity index (χ3n) is 5.00. The molecule has 3 rings (SSSR count). The first-order valence-electron chi connectivity index (χ1n) is 9.91. The lowest BCUT2D eigenvalue weighted by atomic mass is 9.92. The van der Waals surface area contributed by atoms with Crippen molar-refractivity contribution in [3.63, 3.8) is 0 Å². The highest BCUT2D eigenvalue weighted by Gasteiger charge is 2.19. The van der Waals surface area contributed by atoms with Crippen LogP contribution in [0.15, 0.2) is 103 Å². The number of hydrogen-bond acceptors (Lipinski definition) is 2. The monoisotopic (exact) mass is 382 g/mol. The Morgan fingerprint density at radius 1 is 0.828 bits per heavy atom. The zero-order chi connectivity index (χ0) is 20.5. The van der Waals surface area contributed by atoms with E-state index in [1.165, 1.54) is 0 Å². The van der Waals surface area contributed by atoms with Crippen LogP contribution in [0.3, 0.4) is 0 Å². The van der Waals surface area contributed by atoms with Crippen LogP contribution in [0, 0.1) is 5.92 Å². The Morgan fingerprint density at radius 3 is 1.83 bits per heavy atom. The predicted octanol–water partition coefficient (Wildman–Crippen LogP) is 5.79. The number of rotatable bonds is 8. The topological polar surface area (TPSA) is 37.3 Å². The second-order valence-electron chi connectivity index (χ2n) is 7.09. The summed E-state index contributed by atoms with van der Waals surface area (Å²) in [5, 5.41) is 10.6. The summed E-state index contributed by atoms with van der Waals surface area (Å²) in [5.74, 6) is -0.547. The Hall–Kier alpha value is -3.23. The summed E-state index contributed by atoms with van der Waals surface area (Å²) in [7, 11) is 0. The Morgan fingerprint density at radius 2 is 1.31 bits per heavy atom. The summed E-state index contributed by atoms with van der Waals surface area (Å²) in [6, 6.07) is 29.9. The van der Waals surface area contributed by atoms with Crippen LogP contribution in [0.2, 0.25) is 0 Å². The second kappa shape index (κ2) is 10.4. The summed E-state index contributed by atoms with van der Waals surface area (Å²) in [4.78, 5) is 12.5. The fraction of sp³-hybridized carbons (Fsp3) is 0.148. The molecule has 2 nitrogen and oxygen atoms in total. The van der Waals surface area contributed by atoms with Crippen molar-refractivity contribution >= 4 is 17.4 Å². The maximum atomic E-state index is 12.5. The van der Waals surface area contributed by atoms with Gasteiger partial charge in [0.2, 0.25) is 0 Å². The SMILES string of the molecule is C[C@@H](C(=O)/C=C/c1ccccc1)[C@@H](O)CC=C(c1ccccc1)c1ccccc1. The number of hydrogen-bond donors (Lipinski definition) is 1. The second-order valence-corrected chi connectivity index (χ2v) is 7.09. The predicted molar refractivity (Wildman–Crippen MR) is 120 cm³/mol. The van der Waals surface area contributed by atoms with Gasteiger partial charge in [0.05, 0.1) is 6.10 Å².